The van der Waals surface area contributed by atoms with Crippen molar-refractivity contribution < 1.29 is 14.8 Å². The van der Waals surface area contributed by atoms with Crippen LogP contribution in [0.1, 0.15) is 38.3 Å². The lowest BCUT2D eigenvalue weighted by Gasteiger charge is -2.07. The molecule has 20 heavy (non-hydrogen) atoms. The Morgan fingerprint density at radius 1 is 1.45 bits per heavy atom. The van der Waals surface area contributed by atoms with Gasteiger partial charge in [0.25, 0.3) is 0 Å². The molecule has 0 aliphatic rings. The highest BCUT2D eigenvalue weighted by Crippen LogP contribution is 2.28. The van der Waals surface area contributed by atoms with Crippen LogP contribution in [0.5, 0.6) is 0 Å². The molecule has 0 fully saturated rings. The minimum absolute atomic E-state index is 0.0115. The van der Waals surface area contributed by atoms with Crippen LogP contribution in [-0.4, -0.2) is 32.3 Å². The minimum atomic E-state index is -0.798. The Bertz CT molecular complexity index is 484. The van der Waals surface area contributed by atoms with E-state index in [4.69, 9.17) is 5.11 Å². The van der Waals surface area contributed by atoms with Crippen LogP contribution in [0, 0.1) is 17.0 Å². The topological polar surface area (TPSA) is 110 Å². The van der Waals surface area contributed by atoms with E-state index in [9.17, 15) is 14.9 Å². The molecule has 1 heterocycles. The van der Waals surface area contributed by atoms with Gasteiger partial charge in [0, 0.05) is 19.5 Å². The summed E-state index contributed by atoms with van der Waals surface area (Å²) in [4.78, 5) is 21.0. The van der Waals surface area contributed by atoms with Crippen LogP contribution in [0.25, 0.3) is 0 Å². The molecule has 1 aromatic heterocycles. The standard InChI is InChI=1S/C12H20N4O4/c1-3-15-12(11(16(19)20)9(2)14-15)13-8-6-4-5-7-10(17)18/h13H,3-8H2,1-2H3,(H,17,18). The van der Waals surface area contributed by atoms with E-state index < -0.39 is 10.9 Å². The minimum Gasteiger partial charge on any atom is -0.481 e. The molecule has 0 radical (unpaired) electrons. The number of nitrogens with one attached hydrogen (secondary N) is 1. The Morgan fingerprint density at radius 2 is 2.15 bits per heavy atom. The fourth-order valence-electron chi connectivity index (χ4n) is 1.98. The maximum atomic E-state index is 11.0. The van der Waals surface area contributed by atoms with Crippen molar-refractivity contribution in [3.05, 3.63) is 15.8 Å². The molecule has 8 heteroatoms. The van der Waals surface area contributed by atoms with E-state index >= 15 is 0 Å². The largest absolute Gasteiger partial charge is 0.481 e. The maximum Gasteiger partial charge on any atom is 0.333 e. The van der Waals surface area contributed by atoms with Crippen LogP contribution >= 0.6 is 0 Å². The van der Waals surface area contributed by atoms with Gasteiger partial charge < -0.3 is 10.4 Å². The first-order chi connectivity index (χ1) is 9.47. The Kier molecular flexibility index (Phi) is 5.95. The summed E-state index contributed by atoms with van der Waals surface area (Å²) in [5.41, 5.74) is 0.405. The average Bonchev–Trinajstić information content (AvgIpc) is 2.69. The summed E-state index contributed by atoms with van der Waals surface area (Å²) >= 11 is 0. The van der Waals surface area contributed by atoms with E-state index in [1.54, 1.807) is 11.6 Å². The molecule has 0 atom stereocenters. The van der Waals surface area contributed by atoms with Gasteiger partial charge >= 0.3 is 11.7 Å². The first-order valence-electron chi connectivity index (χ1n) is 6.64. The van der Waals surface area contributed by atoms with Gasteiger partial charge in [-0.2, -0.15) is 5.10 Å². The smallest absolute Gasteiger partial charge is 0.333 e. The Labute approximate surface area is 116 Å². The van der Waals surface area contributed by atoms with Crippen LogP contribution in [-0.2, 0) is 11.3 Å². The van der Waals surface area contributed by atoms with Crippen molar-refractivity contribution in [2.24, 2.45) is 0 Å². The van der Waals surface area contributed by atoms with Crippen LogP contribution in [0.2, 0.25) is 0 Å². The summed E-state index contributed by atoms with van der Waals surface area (Å²) in [5, 5.41) is 26.7. The van der Waals surface area contributed by atoms with E-state index in [0.29, 0.717) is 31.0 Å². The molecule has 0 aromatic carbocycles. The third-order valence-electron chi connectivity index (χ3n) is 2.94. The first kappa shape index (κ1) is 15.9. The number of hydrogen-bond donors (Lipinski definition) is 2. The van der Waals surface area contributed by atoms with Gasteiger partial charge in [-0.05, 0) is 26.7 Å². The second-order valence-corrected chi connectivity index (χ2v) is 4.49. The van der Waals surface area contributed by atoms with Gasteiger partial charge in [-0.15, -0.1) is 0 Å². The molecule has 8 nitrogen and oxygen atoms in total. The van der Waals surface area contributed by atoms with Gasteiger partial charge in [0.2, 0.25) is 5.82 Å². The number of aromatic nitrogens is 2. The predicted molar refractivity (Wildman–Crippen MR) is 73.9 cm³/mol. The SMILES string of the molecule is CCn1nc(C)c([N+](=O)[O-])c1NCCCCCC(=O)O. The fraction of sp³-hybridized carbons (Fsp3) is 0.667. The molecule has 0 spiro atoms. The van der Waals surface area contributed by atoms with Crippen molar-refractivity contribution in [1.82, 2.24) is 9.78 Å². The average molecular weight is 284 g/mol. The predicted octanol–water partition coefficient (Wildman–Crippen LogP) is 2.18. The van der Waals surface area contributed by atoms with Crippen LogP contribution in [0.3, 0.4) is 0 Å². The van der Waals surface area contributed by atoms with Crippen LogP contribution < -0.4 is 5.32 Å². The summed E-state index contributed by atoms with van der Waals surface area (Å²) in [6.07, 6.45) is 2.31. The van der Waals surface area contributed by atoms with E-state index in [2.05, 4.69) is 10.4 Å². The second kappa shape index (κ2) is 7.46. The lowest BCUT2D eigenvalue weighted by atomic mass is 10.2. The quantitative estimate of drug-likeness (QED) is 0.408. The molecular weight excluding hydrogens is 264 g/mol. The third-order valence-corrected chi connectivity index (χ3v) is 2.94. The Morgan fingerprint density at radius 3 is 2.70 bits per heavy atom. The summed E-state index contributed by atoms with van der Waals surface area (Å²) in [6, 6.07) is 0. The summed E-state index contributed by atoms with van der Waals surface area (Å²) in [6.45, 7) is 4.60. The number of aryl methyl sites for hydroxylation is 2. The van der Waals surface area contributed by atoms with E-state index in [1.165, 1.54) is 0 Å². The summed E-state index contributed by atoms with van der Waals surface area (Å²) < 4.78 is 1.57. The molecular formula is C12H20N4O4. The highest BCUT2D eigenvalue weighted by atomic mass is 16.6. The molecule has 0 unspecified atom stereocenters. The van der Waals surface area contributed by atoms with E-state index in [-0.39, 0.29) is 12.1 Å². The highest BCUT2D eigenvalue weighted by Gasteiger charge is 2.24. The summed E-state index contributed by atoms with van der Waals surface area (Å²) in [7, 11) is 0. The normalized spacial score (nSPS) is 10.5. The number of anilines is 1. The Hall–Kier alpha value is -2.12. The van der Waals surface area contributed by atoms with Crippen molar-refractivity contribution in [3.63, 3.8) is 0 Å². The van der Waals surface area contributed by atoms with Crippen LogP contribution in [0.15, 0.2) is 0 Å². The van der Waals surface area contributed by atoms with E-state index in [0.717, 1.165) is 12.8 Å². The lowest BCUT2D eigenvalue weighted by molar-refractivity contribution is -0.384. The number of carbonyl (C=O) groups is 1. The van der Waals surface area contributed by atoms with Crippen molar-refractivity contribution in [1.29, 1.82) is 0 Å². The maximum absolute atomic E-state index is 11.0. The van der Waals surface area contributed by atoms with E-state index in [1.807, 2.05) is 6.92 Å². The lowest BCUT2D eigenvalue weighted by Crippen LogP contribution is -2.09. The number of carboxylic acid groups (broad SMARTS) is 1. The number of rotatable bonds is 9. The van der Waals surface area contributed by atoms with Gasteiger partial charge in [0.05, 0.1) is 4.92 Å². The number of nitro groups is 1. The zero-order valence-corrected chi connectivity index (χ0v) is 11.8. The van der Waals surface area contributed by atoms with Gasteiger partial charge in [-0.3, -0.25) is 14.9 Å². The van der Waals surface area contributed by atoms with Crippen molar-refractivity contribution in [2.75, 3.05) is 11.9 Å². The number of unbranched alkanes of at least 4 members (excludes halogenated alkanes) is 2. The molecule has 2 N–H and O–H groups in total. The monoisotopic (exact) mass is 284 g/mol. The molecule has 1 rings (SSSR count). The number of carboxylic acids is 1. The van der Waals surface area contributed by atoms with Gasteiger partial charge in [0.1, 0.15) is 5.69 Å². The third kappa shape index (κ3) is 4.22. The Balaban J connectivity index is 2.54. The van der Waals surface area contributed by atoms with Gasteiger partial charge in [-0.1, -0.05) is 6.42 Å². The molecule has 1 aromatic rings. The summed E-state index contributed by atoms with van der Waals surface area (Å²) in [5.74, 6) is -0.374. The number of nitrogens with zero attached hydrogens (tertiary/aromatic N) is 3. The zero-order chi connectivity index (χ0) is 15.1. The molecule has 112 valence electrons. The van der Waals surface area contributed by atoms with Gasteiger partial charge in [-0.25, -0.2) is 4.68 Å². The van der Waals surface area contributed by atoms with Crippen molar-refractivity contribution in [2.45, 2.75) is 46.1 Å². The molecule has 0 saturated heterocycles. The second-order valence-electron chi connectivity index (χ2n) is 4.49. The van der Waals surface area contributed by atoms with Crippen molar-refractivity contribution in [3.8, 4) is 0 Å². The molecule has 0 aliphatic heterocycles. The highest BCUT2D eigenvalue weighted by molar-refractivity contribution is 5.66. The molecule has 0 aliphatic carbocycles. The zero-order valence-electron chi connectivity index (χ0n) is 11.8. The van der Waals surface area contributed by atoms with Crippen molar-refractivity contribution >= 4 is 17.5 Å². The first-order valence-corrected chi connectivity index (χ1v) is 6.64. The molecule has 0 bridgehead atoms. The molecule has 0 saturated carbocycles. The van der Waals surface area contributed by atoms with Gasteiger partial charge in [0.15, 0.2) is 0 Å². The molecule has 0 amide bonds. The fourth-order valence-corrected chi connectivity index (χ4v) is 1.98. The van der Waals surface area contributed by atoms with Crippen LogP contribution in [0.4, 0.5) is 11.5 Å². The number of aliphatic carboxylic acids is 1. The number of hydrogen-bond acceptors (Lipinski definition) is 5.